The van der Waals surface area contributed by atoms with E-state index in [2.05, 4.69) is 5.10 Å². The van der Waals surface area contributed by atoms with Crippen LogP contribution in [0.4, 0.5) is 0 Å². The minimum atomic E-state index is -0.0910. The molecule has 4 rings (SSSR count). The fraction of sp³-hybridized carbons (Fsp3) is 0.292. The van der Waals surface area contributed by atoms with Crippen molar-refractivity contribution in [3.63, 3.8) is 0 Å². The summed E-state index contributed by atoms with van der Waals surface area (Å²) in [6.45, 7) is 4.72. The van der Waals surface area contributed by atoms with Crippen molar-refractivity contribution < 1.29 is 9.59 Å². The Morgan fingerprint density at radius 3 is 2.16 bits per heavy atom. The summed E-state index contributed by atoms with van der Waals surface area (Å²) in [7, 11) is 0. The van der Waals surface area contributed by atoms with Gasteiger partial charge in [-0.2, -0.15) is 5.10 Å². The van der Waals surface area contributed by atoms with Gasteiger partial charge in [-0.05, 0) is 31.0 Å². The zero-order valence-corrected chi connectivity index (χ0v) is 18.3. The van der Waals surface area contributed by atoms with Crippen molar-refractivity contribution in [1.29, 1.82) is 0 Å². The van der Waals surface area contributed by atoms with Gasteiger partial charge in [0.1, 0.15) is 0 Å². The average molecular weight is 437 g/mol. The molecule has 0 aliphatic carbocycles. The molecule has 0 saturated carbocycles. The molecule has 2 aromatic carbocycles. The highest BCUT2D eigenvalue weighted by Gasteiger charge is 2.26. The van der Waals surface area contributed by atoms with E-state index in [0.717, 1.165) is 17.7 Å². The summed E-state index contributed by atoms with van der Waals surface area (Å²) >= 11 is 6.19. The zero-order chi connectivity index (χ0) is 21.8. The number of rotatable bonds is 4. The summed E-state index contributed by atoms with van der Waals surface area (Å²) in [5.74, 6) is -0.129. The number of carbonyl (C=O) groups is 2. The Hall–Kier alpha value is -3.12. The molecule has 160 valence electrons. The van der Waals surface area contributed by atoms with Crippen molar-refractivity contribution in [2.75, 3.05) is 26.2 Å². The van der Waals surface area contributed by atoms with E-state index in [-0.39, 0.29) is 11.8 Å². The molecule has 0 unspecified atom stereocenters. The normalized spacial score (nSPS) is 14.4. The molecule has 2 amide bonds. The number of carbonyl (C=O) groups excluding carboxylic acids is 2. The third kappa shape index (κ3) is 4.64. The standard InChI is InChI=1S/C24H25ClN4O2/c1-18-21(16-26-29(18)17-19-8-3-2-4-9-19)24(31)28-13-7-12-27(14-15-28)23(30)20-10-5-6-11-22(20)25/h2-6,8-11,16H,7,12-15,17H2,1H3. The predicted octanol–water partition coefficient (Wildman–Crippen LogP) is 3.88. The van der Waals surface area contributed by atoms with E-state index in [1.54, 1.807) is 23.2 Å². The highest BCUT2D eigenvalue weighted by atomic mass is 35.5. The molecular weight excluding hydrogens is 412 g/mol. The molecular formula is C24H25ClN4O2. The number of halogens is 1. The minimum Gasteiger partial charge on any atom is -0.337 e. The van der Waals surface area contributed by atoms with Gasteiger partial charge in [0, 0.05) is 31.9 Å². The number of benzene rings is 2. The first-order valence-corrected chi connectivity index (χ1v) is 10.8. The fourth-order valence-corrected chi connectivity index (χ4v) is 4.09. The third-order valence-corrected chi connectivity index (χ3v) is 6.01. The van der Waals surface area contributed by atoms with Crippen molar-refractivity contribution in [1.82, 2.24) is 19.6 Å². The summed E-state index contributed by atoms with van der Waals surface area (Å²) in [5, 5.41) is 4.88. The van der Waals surface area contributed by atoms with Gasteiger partial charge in [0.25, 0.3) is 11.8 Å². The van der Waals surface area contributed by atoms with Gasteiger partial charge in [-0.3, -0.25) is 14.3 Å². The number of aromatic nitrogens is 2. The monoisotopic (exact) mass is 436 g/mol. The molecule has 1 aliphatic rings. The van der Waals surface area contributed by atoms with E-state index >= 15 is 0 Å². The Kier molecular flexibility index (Phi) is 6.37. The van der Waals surface area contributed by atoms with Crippen molar-refractivity contribution in [3.8, 4) is 0 Å². The van der Waals surface area contributed by atoms with Crippen LogP contribution in [0.2, 0.25) is 5.02 Å². The molecule has 0 radical (unpaired) electrons. The quantitative estimate of drug-likeness (QED) is 0.623. The molecule has 3 aromatic rings. The summed E-state index contributed by atoms with van der Waals surface area (Å²) in [6.07, 6.45) is 2.37. The van der Waals surface area contributed by atoms with Gasteiger partial charge < -0.3 is 9.80 Å². The number of hydrogen-bond acceptors (Lipinski definition) is 3. The Morgan fingerprint density at radius 1 is 0.871 bits per heavy atom. The second-order valence-electron chi connectivity index (χ2n) is 7.70. The first kappa shape index (κ1) is 21.1. The Bertz CT molecular complexity index is 1080. The van der Waals surface area contributed by atoms with Crippen LogP contribution in [-0.4, -0.2) is 57.6 Å². The van der Waals surface area contributed by atoms with E-state index in [1.165, 1.54) is 0 Å². The Morgan fingerprint density at radius 2 is 1.48 bits per heavy atom. The van der Waals surface area contributed by atoms with Gasteiger partial charge in [0.15, 0.2) is 0 Å². The van der Waals surface area contributed by atoms with Gasteiger partial charge in [-0.1, -0.05) is 54.1 Å². The summed E-state index contributed by atoms with van der Waals surface area (Å²) < 4.78 is 1.85. The molecule has 1 fully saturated rings. The number of hydrogen-bond donors (Lipinski definition) is 0. The Balaban J connectivity index is 1.43. The fourth-order valence-electron chi connectivity index (χ4n) is 3.87. The van der Waals surface area contributed by atoms with Gasteiger partial charge >= 0.3 is 0 Å². The lowest BCUT2D eigenvalue weighted by Crippen LogP contribution is -2.37. The van der Waals surface area contributed by atoms with Crippen LogP contribution in [0.5, 0.6) is 0 Å². The summed E-state index contributed by atoms with van der Waals surface area (Å²) in [5.41, 5.74) is 3.10. The Labute approximate surface area is 187 Å². The van der Waals surface area contributed by atoms with Crippen molar-refractivity contribution >= 4 is 23.4 Å². The highest BCUT2D eigenvalue weighted by molar-refractivity contribution is 6.33. The van der Waals surface area contributed by atoms with Crippen molar-refractivity contribution in [2.24, 2.45) is 0 Å². The van der Waals surface area contributed by atoms with Crippen LogP contribution < -0.4 is 0 Å². The number of amides is 2. The van der Waals surface area contributed by atoms with Gasteiger partial charge in [0.2, 0.25) is 0 Å². The predicted molar refractivity (Wildman–Crippen MR) is 120 cm³/mol. The SMILES string of the molecule is Cc1c(C(=O)N2CCCN(C(=O)c3ccccc3Cl)CC2)cnn1Cc1ccccc1. The van der Waals surface area contributed by atoms with E-state index in [4.69, 9.17) is 11.6 Å². The second-order valence-corrected chi connectivity index (χ2v) is 8.11. The maximum Gasteiger partial charge on any atom is 0.257 e. The molecule has 0 bridgehead atoms. The molecule has 1 aromatic heterocycles. The molecule has 0 spiro atoms. The largest absolute Gasteiger partial charge is 0.337 e. The molecule has 6 nitrogen and oxygen atoms in total. The minimum absolute atomic E-state index is 0.0381. The zero-order valence-electron chi connectivity index (χ0n) is 17.5. The molecule has 31 heavy (non-hydrogen) atoms. The van der Waals surface area contributed by atoms with Crippen LogP contribution in [0.15, 0.2) is 60.8 Å². The number of nitrogens with zero attached hydrogens (tertiary/aromatic N) is 4. The van der Waals surface area contributed by atoms with E-state index in [1.807, 2.05) is 59.0 Å². The lowest BCUT2D eigenvalue weighted by Gasteiger charge is -2.22. The van der Waals surface area contributed by atoms with Crippen LogP contribution in [-0.2, 0) is 6.54 Å². The maximum absolute atomic E-state index is 13.2. The molecule has 7 heteroatoms. The van der Waals surface area contributed by atoms with Gasteiger partial charge in [-0.15, -0.1) is 0 Å². The second kappa shape index (κ2) is 9.35. The average Bonchev–Trinajstić information content (AvgIpc) is 2.99. The first-order valence-electron chi connectivity index (χ1n) is 10.4. The van der Waals surface area contributed by atoms with Crippen LogP contribution in [0.1, 0.15) is 38.4 Å². The van der Waals surface area contributed by atoms with E-state index in [9.17, 15) is 9.59 Å². The summed E-state index contributed by atoms with van der Waals surface area (Å²) in [6, 6.07) is 17.1. The highest BCUT2D eigenvalue weighted by Crippen LogP contribution is 2.19. The van der Waals surface area contributed by atoms with Gasteiger partial charge in [-0.25, -0.2) is 0 Å². The topological polar surface area (TPSA) is 58.4 Å². The van der Waals surface area contributed by atoms with Crippen LogP contribution in [0.3, 0.4) is 0 Å². The molecule has 2 heterocycles. The molecule has 0 N–H and O–H groups in total. The molecule has 0 atom stereocenters. The lowest BCUT2D eigenvalue weighted by molar-refractivity contribution is 0.0718. The smallest absolute Gasteiger partial charge is 0.257 e. The lowest BCUT2D eigenvalue weighted by atomic mass is 10.2. The van der Waals surface area contributed by atoms with Crippen LogP contribution in [0.25, 0.3) is 0 Å². The van der Waals surface area contributed by atoms with E-state index < -0.39 is 0 Å². The maximum atomic E-state index is 13.2. The van der Waals surface area contributed by atoms with Crippen LogP contribution >= 0.6 is 11.6 Å². The van der Waals surface area contributed by atoms with Crippen LogP contribution in [0, 0.1) is 6.92 Å². The van der Waals surface area contributed by atoms with Gasteiger partial charge in [0.05, 0.1) is 28.9 Å². The third-order valence-electron chi connectivity index (χ3n) is 5.68. The van der Waals surface area contributed by atoms with Crippen molar-refractivity contribution in [2.45, 2.75) is 19.9 Å². The first-order chi connectivity index (χ1) is 15.0. The summed E-state index contributed by atoms with van der Waals surface area (Å²) in [4.78, 5) is 29.7. The molecule has 1 aliphatic heterocycles. The van der Waals surface area contributed by atoms with E-state index in [0.29, 0.717) is 48.9 Å². The molecule has 1 saturated heterocycles. The van der Waals surface area contributed by atoms with Crippen molar-refractivity contribution in [3.05, 3.63) is 88.2 Å².